The Morgan fingerprint density at radius 1 is 0.974 bits per heavy atom. The van der Waals surface area contributed by atoms with Crippen LogP contribution in [0, 0.1) is 0 Å². The summed E-state index contributed by atoms with van der Waals surface area (Å²) >= 11 is 7.23. The van der Waals surface area contributed by atoms with E-state index in [0.717, 1.165) is 17.8 Å². The Hall–Kier alpha value is -3.83. The molecule has 0 spiro atoms. The van der Waals surface area contributed by atoms with Gasteiger partial charge in [-0.3, -0.25) is 9.59 Å². The van der Waals surface area contributed by atoms with Gasteiger partial charge in [0.1, 0.15) is 0 Å². The maximum atomic E-state index is 13.4. The normalized spacial score (nSPS) is 13.9. The van der Waals surface area contributed by atoms with Gasteiger partial charge < -0.3 is 19.7 Å². The number of imidazole rings is 1. The quantitative estimate of drug-likeness (QED) is 0.309. The smallest absolute Gasteiger partial charge is 0.368 e. The zero-order valence-electron chi connectivity index (χ0n) is 20.5. The third-order valence-electron chi connectivity index (χ3n) is 6.47. The summed E-state index contributed by atoms with van der Waals surface area (Å²) < 4.78 is 39.6. The van der Waals surface area contributed by atoms with Crippen molar-refractivity contribution in [3.63, 3.8) is 0 Å². The van der Waals surface area contributed by atoms with E-state index in [1.807, 2.05) is 17.0 Å². The molecule has 5 rings (SSSR count). The summed E-state index contributed by atoms with van der Waals surface area (Å²) in [5, 5.41) is 0. The Kier molecular flexibility index (Phi) is 7.62. The number of carbonyl (C=O) groups excluding carboxylic acids is 2. The lowest BCUT2D eigenvalue weighted by molar-refractivity contribution is -0.137. The molecule has 0 radical (unpaired) electrons. The molecular formula is C27H23ClF3N5O2S. The summed E-state index contributed by atoms with van der Waals surface area (Å²) in [6.45, 7) is 2.58. The molecule has 7 nitrogen and oxygen atoms in total. The average molecular weight is 574 g/mol. The molecular weight excluding hydrogens is 551 g/mol. The SMILES string of the molecule is O=C(c1ccc(Cl)s1)N1CCN(c2ccc(N(Cc3cnc[nH]3)C(=O)c3ccc(C(F)(F)F)cc3)cc2)CC1. The van der Waals surface area contributed by atoms with Crippen molar-refractivity contribution in [3.8, 4) is 0 Å². The standard InChI is InChI=1S/C27H23ClF3N5O2S/c28-24-10-9-23(39-24)26(38)35-13-11-34(12-14-35)21-5-7-22(8-6-21)36(16-20-15-32-17-33-20)25(37)18-1-3-19(4-2-18)27(29,30)31/h1-10,15,17H,11-14,16H2,(H,32,33). The van der Waals surface area contributed by atoms with E-state index in [-0.39, 0.29) is 18.0 Å². The molecule has 202 valence electrons. The molecule has 4 aromatic rings. The fraction of sp³-hybridized carbons (Fsp3) is 0.222. The lowest BCUT2D eigenvalue weighted by atomic mass is 10.1. The van der Waals surface area contributed by atoms with Gasteiger partial charge in [0.05, 0.1) is 33.3 Å². The molecule has 12 heteroatoms. The van der Waals surface area contributed by atoms with Crippen molar-refractivity contribution in [2.75, 3.05) is 36.0 Å². The summed E-state index contributed by atoms with van der Waals surface area (Å²) in [7, 11) is 0. The molecule has 1 aliphatic heterocycles. The van der Waals surface area contributed by atoms with Crippen LogP contribution in [0.4, 0.5) is 24.5 Å². The maximum absolute atomic E-state index is 13.4. The fourth-order valence-corrected chi connectivity index (χ4v) is 5.39. The number of hydrogen-bond acceptors (Lipinski definition) is 5. The summed E-state index contributed by atoms with van der Waals surface area (Å²) in [4.78, 5) is 39.1. The van der Waals surface area contributed by atoms with Crippen LogP contribution >= 0.6 is 22.9 Å². The van der Waals surface area contributed by atoms with E-state index < -0.39 is 17.6 Å². The van der Waals surface area contributed by atoms with Crippen LogP contribution in [-0.4, -0.2) is 52.9 Å². The van der Waals surface area contributed by atoms with E-state index in [9.17, 15) is 22.8 Å². The fourth-order valence-electron chi connectivity index (χ4n) is 4.38. The molecule has 1 fully saturated rings. The molecule has 39 heavy (non-hydrogen) atoms. The Morgan fingerprint density at radius 3 is 2.23 bits per heavy atom. The van der Waals surface area contributed by atoms with Crippen LogP contribution in [-0.2, 0) is 12.7 Å². The molecule has 0 unspecified atom stereocenters. The van der Waals surface area contributed by atoms with Crippen molar-refractivity contribution in [2.45, 2.75) is 12.7 Å². The van der Waals surface area contributed by atoms with Gasteiger partial charge in [-0.1, -0.05) is 11.6 Å². The lowest BCUT2D eigenvalue weighted by Crippen LogP contribution is -2.48. The Labute approximate surface area is 231 Å². The highest BCUT2D eigenvalue weighted by Gasteiger charge is 2.31. The van der Waals surface area contributed by atoms with Crippen LogP contribution in [0.3, 0.4) is 0 Å². The number of amides is 2. The minimum atomic E-state index is -4.48. The number of anilines is 2. The van der Waals surface area contributed by atoms with Gasteiger partial charge in [-0.15, -0.1) is 11.3 Å². The number of nitrogens with zero attached hydrogens (tertiary/aromatic N) is 4. The van der Waals surface area contributed by atoms with E-state index in [1.54, 1.807) is 30.5 Å². The van der Waals surface area contributed by atoms with Gasteiger partial charge in [0.2, 0.25) is 0 Å². The van der Waals surface area contributed by atoms with Crippen molar-refractivity contribution in [2.24, 2.45) is 0 Å². The van der Waals surface area contributed by atoms with Crippen molar-refractivity contribution in [3.05, 3.63) is 99.2 Å². The number of rotatable bonds is 6. The number of H-pyrrole nitrogens is 1. The van der Waals surface area contributed by atoms with E-state index in [2.05, 4.69) is 14.9 Å². The van der Waals surface area contributed by atoms with Crippen molar-refractivity contribution in [1.29, 1.82) is 0 Å². The largest absolute Gasteiger partial charge is 0.416 e. The zero-order valence-corrected chi connectivity index (χ0v) is 22.1. The first-order chi connectivity index (χ1) is 18.7. The number of aromatic amines is 1. The number of alkyl halides is 3. The van der Waals surface area contributed by atoms with Crippen LogP contribution in [0.2, 0.25) is 4.34 Å². The third kappa shape index (κ3) is 6.10. The van der Waals surface area contributed by atoms with Gasteiger partial charge in [-0.05, 0) is 60.7 Å². The highest BCUT2D eigenvalue weighted by atomic mass is 35.5. The molecule has 2 amide bonds. The van der Waals surface area contributed by atoms with Gasteiger partial charge in [0, 0.05) is 49.3 Å². The summed E-state index contributed by atoms with van der Waals surface area (Å²) in [5.74, 6) is -0.468. The number of piperazine rings is 1. The average Bonchev–Trinajstić information content (AvgIpc) is 3.63. The Bertz CT molecular complexity index is 1430. The third-order valence-corrected chi connectivity index (χ3v) is 7.68. The molecule has 1 aliphatic rings. The van der Waals surface area contributed by atoms with E-state index in [1.165, 1.54) is 34.7 Å². The van der Waals surface area contributed by atoms with Crippen LogP contribution < -0.4 is 9.80 Å². The molecule has 0 saturated carbocycles. The van der Waals surface area contributed by atoms with Gasteiger partial charge in [0.15, 0.2) is 0 Å². The lowest BCUT2D eigenvalue weighted by Gasteiger charge is -2.36. The van der Waals surface area contributed by atoms with Gasteiger partial charge in [-0.2, -0.15) is 13.2 Å². The molecule has 1 N–H and O–H groups in total. The van der Waals surface area contributed by atoms with Crippen LogP contribution in [0.5, 0.6) is 0 Å². The molecule has 0 aliphatic carbocycles. The molecule has 0 atom stereocenters. The Balaban J connectivity index is 1.30. The number of benzene rings is 2. The monoisotopic (exact) mass is 573 g/mol. The summed E-state index contributed by atoms with van der Waals surface area (Å²) in [6, 6.07) is 15.0. The first kappa shape index (κ1) is 26.8. The number of hydrogen-bond donors (Lipinski definition) is 1. The zero-order chi connectivity index (χ0) is 27.6. The summed E-state index contributed by atoms with van der Waals surface area (Å²) in [6.07, 6.45) is -1.40. The number of nitrogens with one attached hydrogen (secondary N) is 1. The van der Waals surface area contributed by atoms with Gasteiger partial charge >= 0.3 is 6.18 Å². The number of halogens is 4. The molecule has 2 aromatic heterocycles. The van der Waals surface area contributed by atoms with Gasteiger partial charge in [-0.25, -0.2) is 4.98 Å². The maximum Gasteiger partial charge on any atom is 0.416 e. The first-order valence-electron chi connectivity index (χ1n) is 12.0. The molecule has 0 bridgehead atoms. The second-order valence-electron chi connectivity index (χ2n) is 8.94. The number of carbonyl (C=O) groups is 2. The van der Waals surface area contributed by atoms with E-state index in [0.29, 0.717) is 46.8 Å². The van der Waals surface area contributed by atoms with Crippen molar-refractivity contribution in [1.82, 2.24) is 14.9 Å². The van der Waals surface area contributed by atoms with Crippen LogP contribution in [0.25, 0.3) is 0 Å². The second-order valence-corrected chi connectivity index (χ2v) is 10.7. The van der Waals surface area contributed by atoms with E-state index in [4.69, 9.17) is 11.6 Å². The molecule has 2 aromatic carbocycles. The number of thiophene rings is 1. The summed E-state index contributed by atoms with van der Waals surface area (Å²) in [5.41, 5.74) is 1.52. The Morgan fingerprint density at radius 2 is 1.67 bits per heavy atom. The van der Waals surface area contributed by atoms with Crippen molar-refractivity contribution < 1.29 is 22.8 Å². The topological polar surface area (TPSA) is 72.5 Å². The predicted molar refractivity (Wildman–Crippen MR) is 144 cm³/mol. The van der Waals surface area contributed by atoms with Crippen LogP contribution in [0.15, 0.2) is 73.2 Å². The first-order valence-corrected chi connectivity index (χ1v) is 13.2. The minimum absolute atomic E-state index is 0.0295. The molecule has 1 saturated heterocycles. The van der Waals surface area contributed by atoms with Gasteiger partial charge in [0.25, 0.3) is 11.8 Å². The number of aromatic nitrogens is 2. The van der Waals surface area contributed by atoms with Crippen LogP contribution in [0.1, 0.15) is 31.3 Å². The molecule has 3 heterocycles. The highest BCUT2D eigenvalue weighted by molar-refractivity contribution is 7.17. The second kappa shape index (κ2) is 11.1. The minimum Gasteiger partial charge on any atom is -0.368 e. The predicted octanol–water partition coefficient (Wildman–Crippen LogP) is 5.95. The highest BCUT2D eigenvalue weighted by Crippen LogP contribution is 2.30. The van der Waals surface area contributed by atoms with E-state index >= 15 is 0 Å². The van der Waals surface area contributed by atoms with Crippen molar-refractivity contribution >= 4 is 46.1 Å².